The van der Waals surface area contributed by atoms with Gasteiger partial charge in [-0.15, -0.1) is 0 Å². The third-order valence-electron chi connectivity index (χ3n) is 13.4. The second-order valence-corrected chi connectivity index (χ2v) is 21.6. The summed E-state index contributed by atoms with van der Waals surface area (Å²) < 4.78 is 22.7. The number of hydrogen-bond donors (Lipinski definition) is 0. The van der Waals surface area contributed by atoms with E-state index < -0.39 is 24.3 Å². The molecule has 0 aliphatic rings. The highest BCUT2D eigenvalue weighted by Crippen LogP contribution is 2.17. The van der Waals surface area contributed by atoms with Gasteiger partial charge in [0.25, 0.3) is 0 Å². The standard InChI is InChI=1S/C62H115NO8/c1-6-8-10-12-14-16-18-20-22-24-26-28-29-30-31-33-34-36-38-40-42-44-46-48-50-52-59(64)69-56-58(57-70-62(61(66)67)68-55-54-63(3,4)5)71-60(65)53-51-49-47-45-43-41-39-37-35-32-27-25-23-21-19-17-15-13-11-9-7-2/h19,21,24-27,58,62H,6-18,20,22-23,28-57H2,1-5H3/b21-19-,26-24-,27-25-. The van der Waals surface area contributed by atoms with Crippen LogP contribution in [0.25, 0.3) is 0 Å². The van der Waals surface area contributed by atoms with Crippen molar-refractivity contribution < 1.29 is 42.9 Å². The molecule has 0 spiro atoms. The summed E-state index contributed by atoms with van der Waals surface area (Å²) in [6.45, 7) is 4.77. The number of ether oxygens (including phenoxy) is 4. The van der Waals surface area contributed by atoms with Gasteiger partial charge in [-0.2, -0.15) is 0 Å². The lowest BCUT2D eigenvalue weighted by Gasteiger charge is -2.26. The van der Waals surface area contributed by atoms with Crippen LogP contribution >= 0.6 is 0 Å². The number of carboxylic acid groups (broad SMARTS) is 1. The Hall–Kier alpha value is -2.49. The van der Waals surface area contributed by atoms with Crippen LogP contribution in [0.1, 0.15) is 284 Å². The average Bonchev–Trinajstić information content (AvgIpc) is 3.34. The molecular weight excluding hydrogens is 887 g/mol. The fraction of sp³-hybridized carbons (Fsp3) is 0.855. The van der Waals surface area contributed by atoms with Gasteiger partial charge in [0.15, 0.2) is 12.4 Å². The number of likely N-dealkylation sites (N-methyl/N-ethyl adjacent to an activating group) is 1. The van der Waals surface area contributed by atoms with Crippen molar-refractivity contribution >= 4 is 17.9 Å². The summed E-state index contributed by atoms with van der Waals surface area (Å²) >= 11 is 0. The molecule has 416 valence electrons. The largest absolute Gasteiger partial charge is 0.545 e. The highest BCUT2D eigenvalue weighted by atomic mass is 16.7. The first-order valence-corrected chi connectivity index (χ1v) is 30.1. The van der Waals surface area contributed by atoms with Crippen LogP contribution in [-0.4, -0.2) is 82.3 Å². The van der Waals surface area contributed by atoms with Crippen LogP contribution in [0.5, 0.6) is 0 Å². The Morgan fingerprint density at radius 2 is 0.761 bits per heavy atom. The lowest BCUT2D eigenvalue weighted by Crippen LogP contribution is -2.44. The van der Waals surface area contributed by atoms with E-state index in [-0.39, 0.29) is 32.2 Å². The zero-order chi connectivity index (χ0) is 52.0. The van der Waals surface area contributed by atoms with Gasteiger partial charge in [-0.1, -0.05) is 237 Å². The molecule has 0 heterocycles. The Kier molecular flexibility index (Phi) is 51.9. The van der Waals surface area contributed by atoms with Crippen molar-refractivity contribution in [3.63, 3.8) is 0 Å². The summed E-state index contributed by atoms with van der Waals surface area (Å²) in [6, 6.07) is 0. The SMILES string of the molecule is CCCCCCC/C=C\C/C=C\CCCCCCCCCCCC(=O)OC(COC(=O)CCCCCCCCCCCCCCC/C=C\CCCCCCCCCC)COC(OCC[N+](C)(C)C)C(=O)[O-]. The quantitative estimate of drug-likeness (QED) is 0.0195. The van der Waals surface area contributed by atoms with Crippen LogP contribution in [-0.2, 0) is 33.3 Å². The number of unbranched alkanes of at least 4 members (excludes halogenated alkanes) is 35. The van der Waals surface area contributed by atoms with Crippen molar-refractivity contribution in [2.45, 2.75) is 296 Å². The lowest BCUT2D eigenvalue weighted by atomic mass is 10.0. The number of carbonyl (C=O) groups is 3. The van der Waals surface area contributed by atoms with Crippen molar-refractivity contribution in [1.82, 2.24) is 0 Å². The van der Waals surface area contributed by atoms with E-state index in [9.17, 15) is 19.5 Å². The van der Waals surface area contributed by atoms with E-state index in [2.05, 4.69) is 50.3 Å². The summed E-state index contributed by atoms with van der Waals surface area (Å²) in [5.74, 6) is -2.27. The first-order chi connectivity index (χ1) is 34.6. The number of aliphatic carboxylic acids is 1. The van der Waals surface area contributed by atoms with Gasteiger partial charge in [0.1, 0.15) is 13.2 Å². The predicted molar refractivity (Wildman–Crippen MR) is 297 cm³/mol. The highest BCUT2D eigenvalue weighted by Gasteiger charge is 2.22. The van der Waals surface area contributed by atoms with E-state index >= 15 is 0 Å². The van der Waals surface area contributed by atoms with Crippen molar-refractivity contribution in [3.8, 4) is 0 Å². The molecule has 2 atom stereocenters. The number of carboxylic acids is 1. The molecule has 0 aromatic carbocycles. The first-order valence-electron chi connectivity index (χ1n) is 30.1. The summed E-state index contributed by atoms with van der Waals surface area (Å²) in [6.07, 6.45) is 61.9. The van der Waals surface area contributed by atoms with Gasteiger partial charge in [-0.25, -0.2) is 0 Å². The summed E-state index contributed by atoms with van der Waals surface area (Å²) in [5, 5.41) is 11.8. The molecule has 0 saturated carbocycles. The van der Waals surface area contributed by atoms with E-state index in [0.717, 1.165) is 51.4 Å². The summed E-state index contributed by atoms with van der Waals surface area (Å²) in [4.78, 5) is 37.3. The minimum atomic E-state index is -1.62. The molecule has 0 radical (unpaired) electrons. The first kappa shape index (κ1) is 68.5. The third-order valence-corrected chi connectivity index (χ3v) is 13.4. The molecule has 0 N–H and O–H groups in total. The smallest absolute Gasteiger partial charge is 0.306 e. The maximum atomic E-state index is 12.9. The maximum Gasteiger partial charge on any atom is 0.306 e. The van der Waals surface area contributed by atoms with Gasteiger partial charge in [0.2, 0.25) is 0 Å². The van der Waals surface area contributed by atoms with E-state index in [1.807, 2.05) is 21.1 Å². The van der Waals surface area contributed by atoms with E-state index in [0.29, 0.717) is 23.9 Å². The maximum absolute atomic E-state index is 12.9. The molecule has 0 fully saturated rings. The summed E-state index contributed by atoms with van der Waals surface area (Å²) in [7, 11) is 5.93. The van der Waals surface area contributed by atoms with Gasteiger partial charge in [0.05, 0.1) is 40.3 Å². The van der Waals surface area contributed by atoms with Crippen LogP contribution in [0.15, 0.2) is 36.5 Å². The fourth-order valence-corrected chi connectivity index (χ4v) is 8.68. The number of quaternary nitrogens is 1. The number of carbonyl (C=O) groups excluding carboxylic acids is 3. The van der Waals surface area contributed by atoms with E-state index in [1.54, 1.807) is 0 Å². The molecule has 0 aromatic heterocycles. The van der Waals surface area contributed by atoms with E-state index in [4.69, 9.17) is 18.9 Å². The zero-order valence-electron chi connectivity index (χ0n) is 47.4. The minimum absolute atomic E-state index is 0.148. The highest BCUT2D eigenvalue weighted by molar-refractivity contribution is 5.70. The molecule has 71 heavy (non-hydrogen) atoms. The Morgan fingerprint density at radius 1 is 0.423 bits per heavy atom. The molecule has 2 unspecified atom stereocenters. The van der Waals surface area contributed by atoms with Crippen LogP contribution in [0, 0.1) is 0 Å². The number of rotatable bonds is 56. The van der Waals surface area contributed by atoms with Crippen LogP contribution in [0.4, 0.5) is 0 Å². The van der Waals surface area contributed by atoms with Gasteiger partial charge in [-0.3, -0.25) is 9.59 Å². The summed E-state index contributed by atoms with van der Waals surface area (Å²) in [5.41, 5.74) is 0. The number of allylic oxidation sites excluding steroid dienone is 6. The molecule has 0 bridgehead atoms. The van der Waals surface area contributed by atoms with Gasteiger partial charge < -0.3 is 33.3 Å². The lowest BCUT2D eigenvalue weighted by molar-refractivity contribution is -0.870. The Bertz CT molecular complexity index is 1260. The fourth-order valence-electron chi connectivity index (χ4n) is 8.68. The van der Waals surface area contributed by atoms with Crippen LogP contribution in [0.2, 0.25) is 0 Å². The molecule has 0 amide bonds. The molecule has 0 aromatic rings. The van der Waals surface area contributed by atoms with E-state index in [1.165, 1.54) is 199 Å². The zero-order valence-corrected chi connectivity index (χ0v) is 47.4. The van der Waals surface area contributed by atoms with Crippen molar-refractivity contribution in [2.24, 2.45) is 0 Å². The second-order valence-electron chi connectivity index (χ2n) is 21.6. The Morgan fingerprint density at radius 3 is 1.13 bits per heavy atom. The molecule has 0 saturated heterocycles. The number of hydrogen-bond acceptors (Lipinski definition) is 8. The normalized spacial score (nSPS) is 13.0. The molecule has 9 heteroatoms. The second kappa shape index (κ2) is 53.8. The van der Waals surface area contributed by atoms with Crippen LogP contribution in [0.3, 0.4) is 0 Å². The third kappa shape index (κ3) is 55.1. The van der Waals surface area contributed by atoms with Crippen LogP contribution < -0.4 is 5.11 Å². The molecule has 9 nitrogen and oxygen atoms in total. The Labute approximate surface area is 439 Å². The topological polar surface area (TPSA) is 111 Å². The minimum Gasteiger partial charge on any atom is -0.545 e. The Balaban J connectivity index is 4.20. The number of nitrogens with zero attached hydrogens (tertiary/aromatic N) is 1. The molecular formula is C62H115NO8. The average molecular weight is 1000 g/mol. The van der Waals surface area contributed by atoms with Gasteiger partial charge in [-0.05, 0) is 70.6 Å². The van der Waals surface area contributed by atoms with Crippen molar-refractivity contribution in [2.75, 3.05) is 47.5 Å². The van der Waals surface area contributed by atoms with Crippen molar-refractivity contribution in [1.29, 1.82) is 0 Å². The van der Waals surface area contributed by atoms with Gasteiger partial charge >= 0.3 is 11.9 Å². The monoisotopic (exact) mass is 1000 g/mol. The van der Waals surface area contributed by atoms with Gasteiger partial charge in [0, 0.05) is 12.8 Å². The molecule has 0 rings (SSSR count). The van der Waals surface area contributed by atoms with Crippen molar-refractivity contribution in [3.05, 3.63) is 36.5 Å². The predicted octanol–water partition coefficient (Wildman–Crippen LogP) is 16.3. The molecule has 0 aliphatic carbocycles. The number of esters is 2. The molecule has 0 aliphatic heterocycles.